The second-order valence-corrected chi connectivity index (χ2v) is 2.71. The Kier molecular flexibility index (Phi) is 13.7. The van der Waals surface area contributed by atoms with E-state index in [2.05, 4.69) is 0 Å². The summed E-state index contributed by atoms with van der Waals surface area (Å²) in [6.45, 7) is 2.00. The number of aliphatic carboxylic acids is 1. The number of carboxylic acid groups (broad SMARTS) is 1. The molecule has 0 N–H and O–H groups in total. The van der Waals surface area contributed by atoms with Crippen LogP contribution in [-0.4, -0.2) is 17.5 Å². The molecule has 0 spiro atoms. The summed E-state index contributed by atoms with van der Waals surface area (Å²) in [5, 5.41) is 9.75. The molecule has 48 valence electrons. The second-order valence-electron chi connectivity index (χ2n) is 1.32. The molecule has 0 heterocycles. The second kappa shape index (κ2) is 9.46. The van der Waals surface area contributed by atoms with Gasteiger partial charge < -0.3 is 9.90 Å². The monoisotopic (exact) mass is 172 g/mol. The first-order valence-corrected chi connectivity index (χ1v) is 3.70. The molecule has 0 aliphatic heterocycles. The van der Waals surface area contributed by atoms with Crippen molar-refractivity contribution >= 4 is 17.7 Å². The van der Waals surface area contributed by atoms with E-state index in [0.29, 0.717) is 5.75 Å². The third-order valence-corrected chi connectivity index (χ3v) is 1.56. The predicted molar refractivity (Wildman–Crippen MR) is 32.6 cm³/mol. The van der Waals surface area contributed by atoms with Crippen molar-refractivity contribution in [1.82, 2.24) is 0 Å². The van der Waals surface area contributed by atoms with Gasteiger partial charge in [-0.1, -0.05) is 6.92 Å². The summed E-state index contributed by atoms with van der Waals surface area (Å²) in [4.78, 5) is 9.75. The maximum atomic E-state index is 9.75. The number of carboxylic acids is 1. The number of carbonyl (C=O) groups is 1. The Morgan fingerprint density at radius 1 is 1.67 bits per heavy atom. The van der Waals surface area contributed by atoms with Crippen molar-refractivity contribution in [2.24, 2.45) is 0 Å². The van der Waals surface area contributed by atoms with Crippen LogP contribution in [0.5, 0.6) is 0 Å². The number of rotatable bonds is 4. The molecule has 0 bridgehead atoms. The normalized spacial score (nSPS) is 8.11. The van der Waals surface area contributed by atoms with Crippen molar-refractivity contribution in [3.8, 4) is 0 Å². The zero-order valence-electron chi connectivity index (χ0n) is 5.85. The minimum absolute atomic E-state index is 0. The summed E-state index contributed by atoms with van der Waals surface area (Å²) < 4.78 is 0. The van der Waals surface area contributed by atoms with Crippen LogP contribution in [-0.2, 0) is 4.79 Å². The van der Waals surface area contributed by atoms with E-state index in [1.165, 1.54) is 0 Å². The van der Waals surface area contributed by atoms with Gasteiger partial charge in [-0.05, 0) is 17.9 Å². The molecule has 9 heavy (non-hydrogen) atoms. The molecular weight excluding hydrogens is 163 g/mol. The summed E-state index contributed by atoms with van der Waals surface area (Å²) in [7, 11) is 0. The maximum Gasteiger partial charge on any atom is 1.00 e. The Balaban J connectivity index is 0. The number of hydrogen-bond acceptors (Lipinski definition) is 3. The fourth-order valence-corrected chi connectivity index (χ4v) is 0.900. The van der Waals surface area contributed by atoms with Gasteiger partial charge in [-0.25, -0.2) is 0 Å². The Morgan fingerprint density at radius 2 is 2.22 bits per heavy atom. The van der Waals surface area contributed by atoms with E-state index in [9.17, 15) is 9.90 Å². The van der Waals surface area contributed by atoms with Gasteiger partial charge in [0.25, 0.3) is 0 Å². The van der Waals surface area contributed by atoms with Crippen LogP contribution in [0.2, 0.25) is 0 Å². The van der Waals surface area contributed by atoms with Crippen LogP contribution in [0.4, 0.5) is 0 Å². The molecule has 0 radical (unpaired) electrons. The third-order valence-electron chi connectivity index (χ3n) is 0.655. The van der Waals surface area contributed by atoms with Gasteiger partial charge in [0.1, 0.15) is 0 Å². The van der Waals surface area contributed by atoms with Gasteiger partial charge in [-0.2, -0.15) is 11.8 Å². The largest absolute Gasteiger partial charge is 1.00 e. The van der Waals surface area contributed by atoms with Crippen molar-refractivity contribution in [2.45, 2.75) is 13.3 Å². The smallest absolute Gasteiger partial charge is 0.550 e. The summed E-state index contributed by atoms with van der Waals surface area (Å²) >= 11 is 1.62. The van der Waals surface area contributed by atoms with Gasteiger partial charge in [-0.15, -0.1) is 0 Å². The molecule has 0 saturated heterocycles. The van der Waals surface area contributed by atoms with E-state index < -0.39 is 5.97 Å². The molecule has 0 aliphatic rings. The van der Waals surface area contributed by atoms with Crippen molar-refractivity contribution in [2.75, 3.05) is 11.5 Å². The molecule has 0 aromatic rings. The van der Waals surface area contributed by atoms with E-state index in [1.54, 1.807) is 11.8 Å². The molecule has 0 fully saturated rings. The number of carbonyl (C=O) groups excluding carboxylic acids is 1. The van der Waals surface area contributed by atoms with Gasteiger partial charge in [0.05, 0.1) is 0 Å². The third kappa shape index (κ3) is 12.6. The summed E-state index contributed by atoms with van der Waals surface area (Å²) in [6.07, 6.45) is 0.179. The fourth-order valence-electron chi connectivity index (χ4n) is 0.300. The first-order chi connectivity index (χ1) is 3.77. The summed E-state index contributed by atoms with van der Waals surface area (Å²) in [6, 6.07) is 0. The van der Waals surface area contributed by atoms with Gasteiger partial charge >= 0.3 is 51.4 Å². The number of thioether (sulfide) groups is 1. The molecule has 2 nitrogen and oxygen atoms in total. The predicted octanol–water partition coefficient (Wildman–Crippen LogP) is -3.12. The van der Waals surface area contributed by atoms with Crippen molar-refractivity contribution < 1.29 is 61.3 Å². The molecule has 0 amide bonds. The van der Waals surface area contributed by atoms with Crippen LogP contribution in [0.3, 0.4) is 0 Å². The fraction of sp³-hybridized carbons (Fsp3) is 0.800. The Labute approximate surface area is 102 Å². The summed E-state index contributed by atoms with van der Waals surface area (Å²) in [5.41, 5.74) is 0. The van der Waals surface area contributed by atoms with Crippen LogP contribution >= 0.6 is 11.8 Å². The number of hydrogen-bond donors (Lipinski definition) is 0. The molecule has 0 rings (SSSR count). The van der Waals surface area contributed by atoms with Crippen LogP contribution in [0.1, 0.15) is 13.3 Å². The van der Waals surface area contributed by atoms with Gasteiger partial charge in [-0.3, -0.25) is 0 Å². The zero-order valence-corrected chi connectivity index (χ0v) is 9.79. The average molecular weight is 172 g/mol. The van der Waals surface area contributed by atoms with E-state index in [4.69, 9.17) is 0 Å². The van der Waals surface area contributed by atoms with Crippen LogP contribution in [0.15, 0.2) is 0 Å². The average Bonchev–Trinajstić information content (AvgIpc) is 1.66. The van der Waals surface area contributed by atoms with E-state index >= 15 is 0 Å². The zero-order chi connectivity index (χ0) is 6.41. The van der Waals surface area contributed by atoms with E-state index in [-0.39, 0.29) is 57.8 Å². The van der Waals surface area contributed by atoms with Crippen molar-refractivity contribution in [3.05, 3.63) is 0 Å². The van der Waals surface area contributed by atoms with Gasteiger partial charge in [0, 0.05) is 5.97 Å². The molecular formula is C5H9KO2S. The van der Waals surface area contributed by atoms with E-state index in [1.807, 2.05) is 6.92 Å². The molecule has 0 unspecified atom stereocenters. The van der Waals surface area contributed by atoms with Crippen molar-refractivity contribution in [3.63, 3.8) is 0 Å². The quantitative estimate of drug-likeness (QED) is 0.333. The first-order valence-electron chi connectivity index (χ1n) is 2.55. The van der Waals surface area contributed by atoms with Crippen LogP contribution in [0, 0.1) is 0 Å². The van der Waals surface area contributed by atoms with Gasteiger partial charge in [0.2, 0.25) is 0 Å². The summed E-state index contributed by atoms with van der Waals surface area (Å²) in [5.74, 6) is 0.706. The molecule has 0 aromatic carbocycles. The molecule has 0 atom stereocenters. The topological polar surface area (TPSA) is 40.1 Å². The minimum Gasteiger partial charge on any atom is -0.550 e. The molecule has 0 aliphatic carbocycles. The van der Waals surface area contributed by atoms with Gasteiger partial charge in [0.15, 0.2) is 0 Å². The first kappa shape index (κ1) is 13.1. The molecule has 0 saturated carbocycles. The maximum absolute atomic E-state index is 9.75. The Morgan fingerprint density at radius 3 is 2.56 bits per heavy atom. The molecule has 4 heteroatoms. The SMILES string of the molecule is CCSCCC(=O)[O-].[K+]. The Bertz CT molecular complexity index is 77.4. The van der Waals surface area contributed by atoms with Crippen LogP contribution in [0.25, 0.3) is 0 Å². The van der Waals surface area contributed by atoms with Crippen LogP contribution < -0.4 is 56.5 Å². The standard InChI is InChI=1S/C5H10O2S.K/c1-2-8-4-3-5(6)7;/h2-4H2,1H3,(H,6,7);/q;+1/p-1. The van der Waals surface area contributed by atoms with Crippen molar-refractivity contribution in [1.29, 1.82) is 0 Å². The minimum atomic E-state index is -0.953. The molecule has 0 aromatic heterocycles. The van der Waals surface area contributed by atoms with E-state index in [0.717, 1.165) is 5.75 Å². The Hall–Kier alpha value is 1.46.